The molecule has 170 valence electrons. The largest absolute Gasteiger partial charge is 0.497 e. The maximum atomic E-state index is 13.7. The van der Waals surface area contributed by atoms with Gasteiger partial charge in [-0.1, -0.05) is 42.5 Å². The molecule has 7 heteroatoms. The number of benzene rings is 2. The molecular weight excluding hydrogens is 406 g/mol. The van der Waals surface area contributed by atoms with Gasteiger partial charge in [0.1, 0.15) is 11.3 Å². The Labute approximate surface area is 189 Å². The van der Waals surface area contributed by atoms with Crippen LogP contribution in [0.2, 0.25) is 0 Å². The number of urea groups is 1. The summed E-state index contributed by atoms with van der Waals surface area (Å²) in [5, 5.41) is 0. The number of ether oxygens (including phenoxy) is 2. The molecule has 0 radical (unpaired) electrons. The van der Waals surface area contributed by atoms with Gasteiger partial charge in [-0.3, -0.25) is 14.6 Å². The third kappa shape index (κ3) is 4.36. The van der Waals surface area contributed by atoms with Gasteiger partial charge in [-0.25, -0.2) is 4.79 Å². The van der Waals surface area contributed by atoms with Gasteiger partial charge in [0.2, 0.25) is 0 Å². The highest BCUT2D eigenvalue weighted by atomic mass is 16.5. The second-order valence-corrected chi connectivity index (χ2v) is 8.46. The van der Waals surface area contributed by atoms with Crippen molar-refractivity contribution in [2.75, 3.05) is 40.5 Å². The maximum Gasteiger partial charge on any atom is 0.328 e. The first kappa shape index (κ1) is 22.3. The summed E-state index contributed by atoms with van der Waals surface area (Å²) in [6, 6.07) is 17.6. The topological polar surface area (TPSA) is 62.3 Å². The van der Waals surface area contributed by atoms with Crippen molar-refractivity contribution in [1.82, 2.24) is 14.7 Å². The monoisotopic (exact) mass is 437 g/mol. The van der Waals surface area contributed by atoms with Gasteiger partial charge in [0, 0.05) is 33.3 Å². The molecule has 4 rings (SSSR count). The fraction of sp³-hybridized carbons (Fsp3) is 0.440. The van der Waals surface area contributed by atoms with Crippen LogP contribution in [-0.2, 0) is 22.6 Å². The molecule has 0 N–H and O–H groups in total. The van der Waals surface area contributed by atoms with E-state index in [-0.39, 0.29) is 18.5 Å². The highest BCUT2D eigenvalue weighted by molar-refractivity contribution is 6.07. The minimum Gasteiger partial charge on any atom is -0.497 e. The smallest absolute Gasteiger partial charge is 0.328 e. The molecule has 0 unspecified atom stereocenters. The molecule has 2 aromatic carbocycles. The van der Waals surface area contributed by atoms with Crippen molar-refractivity contribution < 1.29 is 19.1 Å². The Kier molecular flexibility index (Phi) is 6.77. The molecule has 3 amide bonds. The highest BCUT2D eigenvalue weighted by Crippen LogP contribution is 2.38. The molecular formula is C25H31N3O4. The van der Waals surface area contributed by atoms with Gasteiger partial charge in [0.15, 0.2) is 0 Å². The van der Waals surface area contributed by atoms with E-state index in [1.54, 1.807) is 19.1 Å². The van der Waals surface area contributed by atoms with Crippen molar-refractivity contribution in [3.8, 4) is 5.75 Å². The lowest BCUT2D eigenvalue weighted by Crippen LogP contribution is -2.57. The number of imide groups is 1. The number of hydrogen-bond acceptors (Lipinski definition) is 5. The Hall–Kier alpha value is -2.90. The number of carbonyl (C=O) groups excluding carboxylic acids is 2. The van der Waals surface area contributed by atoms with Gasteiger partial charge in [-0.05, 0) is 36.1 Å². The van der Waals surface area contributed by atoms with E-state index in [0.29, 0.717) is 31.7 Å². The van der Waals surface area contributed by atoms with Crippen molar-refractivity contribution in [2.24, 2.45) is 0 Å². The molecule has 1 spiro atoms. The Bertz CT molecular complexity index is 941. The second kappa shape index (κ2) is 9.71. The number of piperidine rings is 1. The number of methoxy groups -OCH3 is 2. The first-order valence-electron chi connectivity index (χ1n) is 11.1. The Morgan fingerprint density at radius 2 is 1.62 bits per heavy atom. The lowest BCUT2D eigenvalue weighted by atomic mass is 9.85. The van der Waals surface area contributed by atoms with Crippen LogP contribution in [-0.4, -0.2) is 72.6 Å². The summed E-state index contributed by atoms with van der Waals surface area (Å²) in [6.45, 7) is 3.45. The standard InChI is InChI=1S/C25H31N3O4/c1-31-16-15-28-24(30)27(19-21-9-6-10-22(17-21)32-2)23(29)25(28)11-13-26(14-12-25)18-20-7-4-3-5-8-20/h3-10,17H,11-16,18-19H2,1-2H3. The summed E-state index contributed by atoms with van der Waals surface area (Å²) in [5.74, 6) is 0.613. The van der Waals surface area contributed by atoms with Crippen LogP contribution in [0.15, 0.2) is 54.6 Å². The number of amides is 3. The van der Waals surface area contributed by atoms with E-state index in [1.165, 1.54) is 10.5 Å². The van der Waals surface area contributed by atoms with Gasteiger partial charge in [0.25, 0.3) is 5.91 Å². The number of rotatable bonds is 8. The van der Waals surface area contributed by atoms with E-state index in [2.05, 4.69) is 17.0 Å². The van der Waals surface area contributed by atoms with Crippen LogP contribution >= 0.6 is 0 Å². The Morgan fingerprint density at radius 1 is 0.906 bits per heavy atom. The van der Waals surface area contributed by atoms with Gasteiger partial charge >= 0.3 is 6.03 Å². The second-order valence-electron chi connectivity index (χ2n) is 8.46. The Balaban J connectivity index is 1.51. The zero-order chi connectivity index (χ0) is 22.6. The lowest BCUT2D eigenvalue weighted by Gasteiger charge is -2.42. The molecule has 0 bridgehead atoms. The molecule has 0 saturated carbocycles. The predicted molar refractivity (Wildman–Crippen MR) is 121 cm³/mol. The normalized spacial score (nSPS) is 18.6. The first-order valence-corrected chi connectivity index (χ1v) is 11.1. The molecule has 2 aliphatic rings. The molecule has 0 atom stereocenters. The van der Waals surface area contributed by atoms with Crippen LogP contribution < -0.4 is 4.74 Å². The zero-order valence-corrected chi connectivity index (χ0v) is 18.8. The van der Waals surface area contributed by atoms with Gasteiger partial charge < -0.3 is 14.4 Å². The molecule has 0 aliphatic carbocycles. The van der Waals surface area contributed by atoms with Crippen molar-refractivity contribution in [3.05, 3.63) is 65.7 Å². The summed E-state index contributed by atoms with van der Waals surface area (Å²) < 4.78 is 10.6. The molecule has 2 heterocycles. The molecule has 2 fully saturated rings. The number of nitrogens with zero attached hydrogens (tertiary/aromatic N) is 3. The zero-order valence-electron chi connectivity index (χ0n) is 18.8. The molecule has 2 aromatic rings. The van der Waals surface area contributed by atoms with E-state index in [4.69, 9.17) is 9.47 Å². The summed E-state index contributed by atoms with van der Waals surface area (Å²) in [6.07, 6.45) is 1.26. The fourth-order valence-electron chi connectivity index (χ4n) is 4.77. The molecule has 2 saturated heterocycles. The number of likely N-dealkylation sites (tertiary alicyclic amines) is 1. The number of carbonyl (C=O) groups is 2. The van der Waals surface area contributed by atoms with Gasteiger partial charge in [-0.15, -0.1) is 0 Å². The Morgan fingerprint density at radius 3 is 2.31 bits per heavy atom. The maximum absolute atomic E-state index is 13.7. The van der Waals surface area contributed by atoms with Crippen molar-refractivity contribution in [2.45, 2.75) is 31.5 Å². The minimum atomic E-state index is -0.790. The predicted octanol–water partition coefficient (Wildman–Crippen LogP) is 3.14. The van der Waals surface area contributed by atoms with Gasteiger partial charge in [-0.2, -0.15) is 0 Å². The van der Waals surface area contributed by atoms with Crippen LogP contribution in [0.5, 0.6) is 5.75 Å². The summed E-state index contributed by atoms with van der Waals surface area (Å²) in [4.78, 5) is 32.5. The van der Waals surface area contributed by atoms with Crippen LogP contribution in [0.3, 0.4) is 0 Å². The first-order chi connectivity index (χ1) is 15.6. The third-order valence-electron chi connectivity index (χ3n) is 6.55. The van der Waals surface area contributed by atoms with Gasteiger partial charge in [0.05, 0.1) is 20.3 Å². The van der Waals surface area contributed by atoms with Crippen LogP contribution in [0.25, 0.3) is 0 Å². The summed E-state index contributed by atoms with van der Waals surface area (Å²) in [7, 11) is 3.22. The average Bonchev–Trinajstić information content (AvgIpc) is 3.01. The average molecular weight is 438 g/mol. The van der Waals surface area contributed by atoms with Crippen molar-refractivity contribution in [1.29, 1.82) is 0 Å². The van der Waals surface area contributed by atoms with E-state index in [1.807, 2.05) is 42.5 Å². The van der Waals surface area contributed by atoms with Crippen LogP contribution in [0.4, 0.5) is 4.79 Å². The third-order valence-corrected chi connectivity index (χ3v) is 6.55. The summed E-state index contributed by atoms with van der Waals surface area (Å²) in [5.41, 5.74) is 1.34. The number of hydrogen-bond donors (Lipinski definition) is 0. The molecule has 7 nitrogen and oxygen atoms in total. The van der Waals surface area contributed by atoms with Crippen molar-refractivity contribution in [3.63, 3.8) is 0 Å². The minimum absolute atomic E-state index is 0.0965. The van der Waals surface area contributed by atoms with E-state index in [9.17, 15) is 9.59 Å². The fourth-order valence-corrected chi connectivity index (χ4v) is 4.77. The quantitative estimate of drug-likeness (QED) is 0.594. The van der Waals surface area contributed by atoms with Crippen molar-refractivity contribution >= 4 is 11.9 Å². The molecule has 0 aromatic heterocycles. The molecule has 32 heavy (non-hydrogen) atoms. The van der Waals surface area contributed by atoms with E-state index in [0.717, 1.165) is 25.2 Å². The highest BCUT2D eigenvalue weighted by Gasteiger charge is 2.57. The van der Waals surface area contributed by atoms with Crippen LogP contribution in [0, 0.1) is 0 Å². The van der Waals surface area contributed by atoms with Crippen LogP contribution in [0.1, 0.15) is 24.0 Å². The SMILES string of the molecule is COCCN1C(=O)N(Cc2cccc(OC)c2)C(=O)C12CCN(Cc1ccccc1)CC2. The lowest BCUT2D eigenvalue weighted by molar-refractivity contribution is -0.136. The molecule has 2 aliphatic heterocycles. The summed E-state index contributed by atoms with van der Waals surface area (Å²) >= 11 is 0. The van der Waals surface area contributed by atoms with E-state index < -0.39 is 5.54 Å². The van der Waals surface area contributed by atoms with E-state index >= 15 is 0 Å².